The number of nitrogens with zero attached hydrogens (tertiary/aromatic N) is 1. The number of amides is 3. The van der Waals surface area contributed by atoms with Crippen LogP contribution in [-0.4, -0.2) is 67.9 Å². The highest BCUT2D eigenvalue weighted by Crippen LogP contribution is 2.41. The molecule has 2 saturated heterocycles. The summed E-state index contributed by atoms with van der Waals surface area (Å²) in [5.74, 6) is -0.829. The van der Waals surface area contributed by atoms with Crippen LogP contribution in [0.3, 0.4) is 0 Å². The number of aryl methyl sites for hydroxylation is 1. The van der Waals surface area contributed by atoms with Gasteiger partial charge in [0.25, 0.3) is 5.91 Å². The van der Waals surface area contributed by atoms with E-state index in [9.17, 15) is 19.5 Å². The van der Waals surface area contributed by atoms with Crippen LogP contribution in [0.1, 0.15) is 5.56 Å². The molecule has 3 N–H and O–H groups in total. The van der Waals surface area contributed by atoms with Crippen molar-refractivity contribution in [3.63, 3.8) is 0 Å². The molecule has 0 spiro atoms. The lowest BCUT2D eigenvalue weighted by Crippen LogP contribution is -2.41. The smallest absolute Gasteiger partial charge is 0.321 e. The van der Waals surface area contributed by atoms with E-state index in [1.54, 1.807) is 18.2 Å². The van der Waals surface area contributed by atoms with Crippen molar-refractivity contribution in [2.75, 3.05) is 45.3 Å². The van der Waals surface area contributed by atoms with Crippen LogP contribution in [0.25, 0.3) is 0 Å². The second-order valence-electron chi connectivity index (χ2n) is 6.92. The number of carboxylic acids is 1. The number of fused-ring (bicyclic) bond motifs is 1. The molecule has 2 heterocycles. The van der Waals surface area contributed by atoms with Gasteiger partial charge in [-0.25, -0.2) is 4.79 Å². The fourth-order valence-electron chi connectivity index (χ4n) is 3.47. The van der Waals surface area contributed by atoms with Crippen LogP contribution in [0, 0.1) is 18.3 Å². The van der Waals surface area contributed by atoms with Gasteiger partial charge in [-0.05, 0) is 30.7 Å². The van der Waals surface area contributed by atoms with Gasteiger partial charge in [0.1, 0.15) is 11.2 Å². The maximum absolute atomic E-state index is 12.6. The first-order valence-electron chi connectivity index (χ1n) is 8.67. The number of nitrogens with one attached hydrogen (secondary N) is 2. The van der Waals surface area contributed by atoms with Crippen molar-refractivity contribution >= 4 is 23.6 Å². The topological polar surface area (TPSA) is 117 Å². The molecule has 0 aliphatic carbocycles. The van der Waals surface area contributed by atoms with Crippen LogP contribution >= 0.6 is 0 Å². The molecule has 2 fully saturated rings. The maximum atomic E-state index is 12.6. The Morgan fingerprint density at radius 3 is 2.81 bits per heavy atom. The molecule has 2 aliphatic rings. The van der Waals surface area contributed by atoms with E-state index in [1.165, 1.54) is 11.9 Å². The number of carbonyl (C=O) groups is 3. The van der Waals surface area contributed by atoms with Gasteiger partial charge < -0.3 is 30.1 Å². The molecule has 0 aromatic heterocycles. The molecule has 0 radical (unpaired) electrons. The first kappa shape index (κ1) is 19.0. The first-order chi connectivity index (χ1) is 12.9. The number of carboxylic acid groups (broad SMARTS) is 1. The molecular weight excluding hydrogens is 354 g/mol. The molecule has 0 unspecified atom stereocenters. The molecule has 2 aliphatic heterocycles. The van der Waals surface area contributed by atoms with Crippen LogP contribution in [-0.2, 0) is 14.3 Å². The van der Waals surface area contributed by atoms with Crippen LogP contribution in [0.5, 0.6) is 5.75 Å². The van der Waals surface area contributed by atoms with E-state index in [2.05, 4.69) is 10.6 Å². The van der Waals surface area contributed by atoms with Gasteiger partial charge in [0.15, 0.2) is 6.61 Å². The zero-order chi connectivity index (χ0) is 19.6. The van der Waals surface area contributed by atoms with Gasteiger partial charge in [-0.15, -0.1) is 0 Å². The van der Waals surface area contributed by atoms with Gasteiger partial charge in [-0.1, -0.05) is 0 Å². The van der Waals surface area contributed by atoms with Crippen molar-refractivity contribution in [3.8, 4) is 5.75 Å². The monoisotopic (exact) mass is 377 g/mol. The summed E-state index contributed by atoms with van der Waals surface area (Å²) in [6, 6.07) is 4.74. The SMILES string of the molecule is CNC(=O)COc1ccc(NC(=O)N2C[C@@H]3COC[C@]3(C(=O)O)C2)c(C)c1. The average Bonchev–Trinajstić information content (AvgIpc) is 3.20. The summed E-state index contributed by atoms with van der Waals surface area (Å²) in [7, 11) is 1.53. The molecule has 9 nitrogen and oxygen atoms in total. The predicted molar refractivity (Wildman–Crippen MR) is 95.7 cm³/mol. The zero-order valence-electron chi connectivity index (χ0n) is 15.3. The van der Waals surface area contributed by atoms with Crippen molar-refractivity contribution < 1.29 is 29.0 Å². The highest BCUT2D eigenvalue weighted by Gasteiger charge is 2.57. The Kier molecular flexibility index (Phi) is 5.22. The van der Waals surface area contributed by atoms with Gasteiger partial charge in [0.2, 0.25) is 0 Å². The van der Waals surface area contributed by atoms with Gasteiger partial charge in [-0.2, -0.15) is 0 Å². The second-order valence-corrected chi connectivity index (χ2v) is 6.92. The second kappa shape index (κ2) is 7.43. The standard InChI is InChI=1S/C18H23N3O6/c1-11-5-13(27-8-15(22)19-2)3-4-14(11)20-17(25)21-6-12-7-26-10-18(12,9-21)16(23)24/h3-5,12H,6-10H2,1-2H3,(H,19,22)(H,20,25)(H,23,24)/t12-,18-/m1/s1. The number of aliphatic carboxylic acids is 1. The minimum Gasteiger partial charge on any atom is -0.484 e. The van der Waals surface area contributed by atoms with Gasteiger partial charge in [-0.3, -0.25) is 9.59 Å². The Bertz CT molecular complexity index is 767. The Hall–Kier alpha value is -2.81. The van der Waals surface area contributed by atoms with E-state index in [0.29, 0.717) is 24.6 Å². The molecule has 146 valence electrons. The molecule has 1 aromatic carbocycles. The van der Waals surface area contributed by atoms with Crippen LogP contribution in [0.15, 0.2) is 18.2 Å². The van der Waals surface area contributed by atoms with E-state index in [0.717, 1.165) is 5.56 Å². The van der Waals surface area contributed by atoms with Crippen molar-refractivity contribution in [3.05, 3.63) is 23.8 Å². The Labute approximate surface area is 156 Å². The maximum Gasteiger partial charge on any atom is 0.321 e. The van der Waals surface area contributed by atoms with Crippen molar-refractivity contribution in [2.24, 2.45) is 11.3 Å². The molecule has 27 heavy (non-hydrogen) atoms. The van der Waals surface area contributed by atoms with E-state index in [4.69, 9.17) is 9.47 Å². The fraction of sp³-hybridized carbons (Fsp3) is 0.500. The number of hydrogen-bond donors (Lipinski definition) is 3. The molecule has 2 atom stereocenters. The summed E-state index contributed by atoms with van der Waals surface area (Å²) in [6.45, 7) is 2.69. The predicted octanol–water partition coefficient (Wildman–Crippen LogP) is 0.685. The lowest BCUT2D eigenvalue weighted by molar-refractivity contribution is -0.149. The highest BCUT2D eigenvalue weighted by molar-refractivity contribution is 5.91. The molecule has 3 amide bonds. The molecule has 0 bridgehead atoms. The Balaban J connectivity index is 1.63. The van der Waals surface area contributed by atoms with E-state index < -0.39 is 11.4 Å². The third-order valence-corrected chi connectivity index (χ3v) is 5.18. The van der Waals surface area contributed by atoms with E-state index >= 15 is 0 Å². The zero-order valence-corrected chi connectivity index (χ0v) is 15.3. The lowest BCUT2D eigenvalue weighted by Gasteiger charge is -2.22. The number of carbonyl (C=O) groups excluding carboxylic acids is 2. The molecule has 9 heteroatoms. The van der Waals surface area contributed by atoms with Crippen LogP contribution in [0.2, 0.25) is 0 Å². The van der Waals surface area contributed by atoms with Gasteiger partial charge in [0.05, 0.1) is 13.2 Å². The number of anilines is 1. The van der Waals surface area contributed by atoms with Crippen LogP contribution in [0.4, 0.5) is 10.5 Å². The Morgan fingerprint density at radius 1 is 1.41 bits per heavy atom. The van der Waals surface area contributed by atoms with Crippen molar-refractivity contribution in [1.82, 2.24) is 10.2 Å². The fourth-order valence-corrected chi connectivity index (χ4v) is 3.47. The highest BCUT2D eigenvalue weighted by atomic mass is 16.5. The number of urea groups is 1. The molecule has 1 aromatic rings. The minimum atomic E-state index is -1.01. The number of rotatable bonds is 5. The first-order valence-corrected chi connectivity index (χ1v) is 8.67. The minimum absolute atomic E-state index is 0.0871. The summed E-state index contributed by atoms with van der Waals surface area (Å²) in [4.78, 5) is 37.0. The van der Waals surface area contributed by atoms with E-state index in [-0.39, 0.29) is 37.6 Å². The van der Waals surface area contributed by atoms with Gasteiger partial charge >= 0.3 is 12.0 Å². The summed E-state index contributed by atoms with van der Waals surface area (Å²) in [5, 5.41) is 14.9. The lowest BCUT2D eigenvalue weighted by atomic mass is 9.81. The number of hydrogen-bond acceptors (Lipinski definition) is 5. The third-order valence-electron chi connectivity index (χ3n) is 5.18. The normalized spacial score (nSPS) is 23.6. The van der Waals surface area contributed by atoms with Crippen LogP contribution < -0.4 is 15.4 Å². The Morgan fingerprint density at radius 2 is 2.19 bits per heavy atom. The molecule has 0 saturated carbocycles. The summed E-state index contributed by atoms with van der Waals surface area (Å²) < 4.78 is 10.7. The number of benzene rings is 1. The summed E-state index contributed by atoms with van der Waals surface area (Å²) in [6.07, 6.45) is 0. The summed E-state index contributed by atoms with van der Waals surface area (Å²) >= 11 is 0. The molecular formula is C18H23N3O6. The van der Waals surface area contributed by atoms with Crippen molar-refractivity contribution in [1.29, 1.82) is 0 Å². The van der Waals surface area contributed by atoms with E-state index in [1.807, 2.05) is 6.92 Å². The number of likely N-dealkylation sites (tertiary alicyclic amines) is 1. The number of ether oxygens (including phenoxy) is 2. The largest absolute Gasteiger partial charge is 0.484 e. The quantitative estimate of drug-likeness (QED) is 0.695. The summed E-state index contributed by atoms with van der Waals surface area (Å²) in [5.41, 5.74) is 0.364. The number of likely N-dealkylation sites (N-methyl/N-ethyl adjacent to an activating group) is 1. The van der Waals surface area contributed by atoms with Crippen molar-refractivity contribution in [2.45, 2.75) is 6.92 Å². The average molecular weight is 377 g/mol. The molecule has 3 rings (SSSR count). The third kappa shape index (κ3) is 3.68. The van der Waals surface area contributed by atoms with Gasteiger partial charge in [0, 0.05) is 31.7 Å².